The van der Waals surface area contributed by atoms with Gasteiger partial charge in [0, 0.05) is 37.1 Å². The van der Waals surface area contributed by atoms with Crippen molar-refractivity contribution >= 4 is 30.7 Å². The van der Waals surface area contributed by atoms with Gasteiger partial charge < -0.3 is 15.8 Å². The van der Waals surface area contributed by atoms with E-state index in [9.17, 15) is 4.79 Å². The molecule has 7 heteroatoms. The zero-order valence-corrected chi connectivity index (χ0v) is 16.2. The number of nitrogens with two attached hydrogens (primary N) is 1. The summed E-state index contributed by atoms with van der Waals surface area (Å²) in [7, 11) is 0. The maximum Gasteiger partial charge on any atom is 0.224 e. The fourth-order valence-electron chi connectivity index (χ4n) is 2.49. The van der Waals surface area contributed by atoms with Crippen molar-refractivity contribution in [2.24, 2.45) is 11.7 Å². The Hall–Kier alpha value is -0.0700. The summed E-state index contributed by atoms with van der Waals surface area (Å²) in [5.74, 6) is -0.129. The summed E-state index contributed by atoms with van der Waals surface area (Å²) < 4.78 is 5.76. The Kier molecular flexibility index (Phi) is 10.9. The highest BCUT2D eigenvalue weighted by Crippen LogP contribution is 2.20. The van der Waals surface area contributed by atoms with Crippen LogP contribution in [0.25, 0.3) is 0 Å². The van der Waals surface area contributed by atoms with Crippen LogP contribution in [0.4, 0.5) is 0 Å². The smallest absolute Gasteiger partial charge is 0.224 e. The van der Waals surface area contributed by atoms with Gasteiger partial charge in [-0.3, -0.25) is 9.69 Å². The van der Waals surface area contributed by atoms with E-state index in [2.05, 4.69) is 37.9 Å². The van der Waals surface area contributed by atoms with Gasteiger partial charge in [0.25, 0.3) is 0 Å². The number of halogens is 2. The number of hydrogen-bond acceptors (Lipinski definition) is 4. The molecule has 0 aromatic carbocycles. The highest BCUT2D eigenvalue weighted by Gasteiger charge is 2.33. The summed E-state index contributed by atoms with van der Waals surface area (Å²) in [5, 5.41) is 3.03. The first-order valence-corrected chi connectivity index (χ1v) is 7.57. The zero-order valence-electron chi connectivity index (χ0n) is 14.6. The summed E-state index contributed by atoms with van der Waals surface area (Å²) in [6.45, 7) is 14.7. The minimum absolute atomic E-state index is 0. The minimum atomic E-state index is -0.159. The molecule has 1 heterocycles. The lowest BCUT2D eigenvalue weighted by molar-refractivity contribution is -0.126. The Labute approximate surface area is 147 Å². The topological polar surface area (TPSA) is 67.6 Å². The van der Waals surface area contributed by atoms with E-state index in [-0.39, 0.29) is 60.4 Å². The van der Waals surface area contributed by atoms with Gasteiger partial charge >= 0.3 is 0 Å². The lowest BCUT2D eigenvalue weighted by atomic mass is 9.98. The number of hydrogen-bond donors (Lipinski definition) is 2. The van der Waals surface area contributed by atoms with Crippen LogP contribution in [0, 0.1) is 5.92 Å². The van der Waals surface area contributed by atoms with E-state index in [1.807, 2.05) is 13.8 Å². The van der Waals surface area contributed by atoms with E-state index < -0.39 is 0 Å². The number of ether oxygens (including phenoxy) is 1. The molecule has 1 aliphatic rings. The third-order valence-corrected chi connectivity index (χ3v) is 4.17. The van der Waals surface area contributed by atoms with Gasteiger partial charge in [-0.05, 0) is 34.6 Å². The molecular weight excluding hydrogens is 325 g/mol. The van der Waals surface area contributed by atoms with Crippen molar-refractivity contribution in [1.29, 1.82) is 0 Å². The van der Waals surface area contributed by atoms with Crippen molar-refractivity contribution in [2.45, 2.75) is 65.3 Å². The first kappa shape index (κ1) is 24.2. The van der Waals surface area contributed by atoms with Crippen LogP contribution in [0.3, 0.4) is 0 Å². The molecule has 1 aliphatic heterocycles. The van der Waals surface area contributed by atoms with E-state index in [0.717, 1.165) is 13.1 Å². The molecule has 1 fully saturated rings. The molecule has 0 aromatic heterocycles. The summed E-state index contributed by atoms with van der Waals surface area (Å²) in [5.41, 5.74) is 5.68. The molecular formula is C15H33Cl2N3O2. The molecule has 4 unspecified atom stereocenters. The Morgan fingerprint density at radius 2 is 1.73 bits per heavy atom. The molecule has 0 bridgehead atoms. The fourth-order valence-corrected chi connectivity index (χ4v) is 2.49. The first-order chi connectivity index (χ1) is 9.13. The number of carbonyl (C=O) groups is 1. The molecule has 0 aliphatic carbocycles. The molecule has 1 saturated heterocycles. The largest absolute Gasteiger partial charge is 0.373 e. The van der Waals surface area contributed by atoms with Crippen LogP contribution in [0.5, 0.6) is 0 Å². The van der Waals surface area contributed by atoms with Gasteiger partial charge in [-0.1, -0.05) is 6.92 Å². The zero-order chi connectivity index (χ0) is 15.5. The van der Waals surface area contributed by atoms with E-state index in [0.29, 0.717) is 6.54 Å². The van der Waals surface area contributed by atoms with Gasteiger partial charge in [-0.25, -0.2) is 0 Å². The third kappa shape index (κ3) is 7.01. The SMILES string of the molecule is CC1CN(C(C)(C)CNC(=O)C(C)C(C)N)CC(C)O1.Cl.Cl. The quantitative estimate of drug-likeness (QED) is 0.787. The molecule has 22 heavy (non-hydrogen) atoms. The maximum atomic E-state index is 12.0. The van der Waals surface area contributed by atoms with E-state index in [4.69, 9.17) is 10.5 Å². The summed E-state index contributed by atoms with van der Waals surface area (Å²) >= 11 is 0. The van der Waals surface area contributed by atoms with Crippen molar-refractivity contribution in [3.8, 4) is 0 Å². The molecule has 3 N–H and O–H groups in total. The van der Waals surface area contributed by atoms with Crippen LogP contribution < -0.4 is 11.1 Å². The van der Waals surface area contributed by atoms with E-state index in [1.165, 1.54) is 0 Å². The molecule has 1 amide bonds. The van der Waals surface area contributed by atoms with Crippen LogP contribution in [0.15, 0.2) is 0 Å². The van der Waals surface area contributed by atoms with Crippen molar-refractivity contribution in [3.63, 3.8) is 0 Å². The lowest BCUT2D eigenvalue weighted by Gasteiger charge is -2.45. The molecule has 0 radical (unpaired) electrons. The lowest BCUT2D eigenvalue weighted by Crippen LogP contribution is -2.59. The Balaban J connectivity index is 0. The van der Waals surface area contributed by atoms with Gasteiger partial charge in [0.05, 0.1) is 12.2 Å². The summed E-state index contributed by atoms with van der Waals surface area (Å²) in [6.07, 6.45) is 0.466. The number of morpholine rings is 1. The molecule has 5 nitrogen and oxygen atoms in total. The Morgan fingerprint density at radius 1 is 1.27 bits per heavy atom. The number of amides is 1. The van der Waals surface area contributed by atoms with Crippen molar-refractivity contribution in [3.05, 3.63) is 0 Å². The van der Waals surface area contributed by atoms with Crippen LogP contribution in [0.1, 0.15) is 41.5 Å². The monoisotopic (exact) mass is 357 g/mol. The average molecular weight is 358 g/mol. The Bertz CT molecular complexity index is 331. The van der Waals surface area contributed by atoms with Crippen LogP contribution in [-0.4, -0.2) is 54.2 Å². The van der Waals surface area contributed by atoms with Crippen LogP contribution >= 0.6 is 24.8 Å². The number of carbonyl (C=O) groups excluding carboxylic acids is 1. The molecule has 0 saturated carbocycles. The number of nitrogens with one attached hydrogen (secondary N) is 1. The Morgan fingerprint density at radius 3 is 2.14 bits per heavy atom. The highest BCUT2D eigenvalue weighted by atomic mass is 35.5. The molecule has 1 rings (SSSR count). The molecule has 0 spiro atoms. The van der Waals surface area contributed by atoms with Crippen molar-refractivity contribution in [2.75, 3.05) is 19.6 Å². The normalized spacial score (nSPS) is 25.4. The second kappa shape index (κ2) is 9.93. The number of rotatable bonds is 5. The second-order valence-electron chi connectivity index (χ2n) is 6.84. The predicted molar refractivity (Wildman–Crippen MR) is 96.0 cm³/mol. The minimum Gasteiger partial charge on any atom is -0.373 e. The first-order valence-electron chi connectivity index (χ1n) is 7.57. The van der Waals surface area contributed by atoms with Gasteiger partial charge in [0.15, 0.2) is 0 Å². The molecule has 4 atom stereocenters. The summed E-state index contributed by atoms with van der Waals surface area (Å²) in [4.78, 5) is 14.4. The third-order valence-electron chi connectivity index (χ3n) is 4.17. The maximum absolute atomic E-state index is 12.0. The summed E-state index contributed by atoms with van der Waals surface area (Å²) in [6, 6.07) is -0.124. The fraction of sp³-hybridized carbons (Fsp3) is 0.933. The van der Waals surface area contributed by atoms with Gasteiger partial charge in [0.1, 0.15) is 0 Å². The van der Waals surface area contributed by atoms with E-state index in [1.54, 1.807) is 0 Å². The van der Waals surface area contributed by atoms with Gasteiger partial charge in [-0.15, -0.1) is 24.8 Å². The van der Waals surface area contributed by atoms with Crippen molar-refractivity contribution < 1.29 is 9.53 Å². The van der Waals surface area contributed by atoms with Gasteiger partial charge in [-0.2, -0.15) is 0 Å². The van der Waals surface area contributed by atoms with Gasteiger partial charge in [0.2, 0.25) is 5.91 Å². The van der Waals surface area contributed by atoms with Crippen LogP contribution in [0.2, 0.25) is 0 Å². The van der Waals surface area contributed by atoms with Crippen molar-refractivity contribution in [1.82, 2.24) is 10.2 Å². The highest BCUT2D eigenvalue weighted by molar-refractivity contribution is 5.85. The number of nitrogens with zero attached hydrogens (tertiary/aromatic N) is 1. The standard InChI is InChI=1S/C15H31N3O2.2ClH/c1-10-7-18(8-11(2)20-10)15(5,6)9-17-14(19)12(3)13(4)16;;/h10-13H,7-9,16H2,1-6H3,(H,17,19);2*1H. The van der Waals surface area contributed by atoms with Crippen LogP contribution in [-0.2, 0) is 9.53 Å². The predicted octanol–water partition coefficient (Wildman–Crippen LogP) is 1.82. The average Bonchev–Trinajstić information content (AvgIpc) is 2.33. The van der Waals surface area contributed by atoms with E-state index >= 15 is 0 Å². The second-order valence-corrected chi connectivity index (χ2v) is 6.84. The molecule has 0 aromatic rings. The molecule has 134 valence electrons.